The molecule has 0 aliphatic carbocycles. The maximum absolute atomic E-state index is 13.4. The minimum absolute atomic E-state index is 0.150. The number of halogens is 2. The average molecular weight is 416 g/mol. The Morgan fingerprint density at radius 3 is 1.70 bits per heavy atom. The Bertz CT molecular complexity index is 820. The van der Waals surface area contributed by atoms with Gasteiger partial charge in [0.05, 0.1) is 12.1 Å². The number of carbonyl (C=O) groups is 2. The largest absolute Gasteiger partial charge is 0.341 e. The van der Waals surface area contributed by atoms with E-state index in [2.05, 4.69) is 15.5 Å². The molecule has 3 amide bonds. The molecule has 1 aliphatic heterocycles. The molecule has 1 heterocycles. The third kappa shape index (κ3) is 5.20. The van der Waals surface area contributed by atoms with Gasteiger partial charge < -0.3 is 5.32 Å². The predicted molar refractivity (Wildman–Crippen MR) is 110 cm³/mol. The van der Waals surface area contributed by atoms with E-state index in [0.29, 0.717) is 26.2 Å². The minimum Gasteiger partial charge on any atom is -0.341 e. The van der Waals surface area contributed by atoms with Crippen LogP contribution < -0.4 is 10.6 Å². The van der Waals surface area contributed by atoms with Crippen LogP contribution in [0.15, 0.2) is 48.5 Å². The predicted octanol–water partition coefficient (Wildman–Crippen LogP) is 2.52. The van der Waals surface area contributed by atoms with Gasteiger partial charge in [0.1, 0.15) is 11.6 Å². The molecule has 0 spiro atoms. The zero-order valence-corrected chi connectivity index (χ0v) is 17.1. The standard InChI is InChI=1S/C22H26F2N4O2/c1-15(21(29)26-22(30)25-2)27-11-13-28(14-12-27)20(16-3-7-18(23)8-4-16)17-5-9-19(24)10-6-17/h3-10,15,20H,11-14H2,1-2H3,(H2,25,26,29,30)/t15-/m1/s1. The van der Waals surface area contributed by atoms with E-state index in [1.165, 1.54) is 31.3 Å². The van der Waals surface area contributed by atoms with Crippen molar-refractivity contribution in [2.24, 2.45) is 0 Å². The molecule has 0 saturated carbocycles. The lowest BCUT2D eigenvalue weighted by Crippen LogP contribution is -2.55. The van der Waals surface area contributed by atoms with Gasteiger partial charge in [0, 0.05) is 33.2 Å². The van der Waals surface area contributed by atoms with Crippen LogP contribution in [0.4, 0.5) is 13.6 Å². The van der Waals surface area contributed by atoms with E-state index < -0.39 is 12.1 Å². The van der Waals surface area contributed by atoms with Crippen LogP contribution in [-0.2, 0) is 4.79 Å². The van der Waals surface area contributed by atoms with Gasteiger partial charge in [-0.1, -0.05) is 24.3 Å². The third-order valence-electron chi connectivity index (χ3n) is 5.48. The summed E-state index contributed by atoms with van der Waals surface area (Å²) in [6.07, 6.45) is 0. The van der Waals surface area contributed by atoms with E-state index in [1.807, 2.05) is 4.90 Å². The number of hydrogen-bond acceptors (Lipinski definition) is 4. The van der Waals surface area contributed by atoms with Crippen molar-refractivity contribution in [1.29, 1.82) is 0 Å². The third-order valence-corrected chi connectivity index (χ3v) is 5.48. The summed E-state index contributed by atoms with van der Waals surface area (Å²) >= 11 is 0. The number of benzene rings is 2. The molecule has 160 valence electrons. The first-order valence-corrected chi connectivity index (χ1v) is 9.90. The van der Waals surface area contributed by atoms with E-state index in [0.717, 1.165) is 11.1 Å². The maximum atomic E-state index is 13.4. The zero-order chi connectivity index (χ0) is 21.7. The van der Waals surface area contributed by atoms with Crippen LogP contribution in [0.1, 0.15) is 24.1 Å². The van der Waals surface area contributed by atoms with E-state index in [1.54, 1.807) is 31.2 Å². The van der Waals surface area contributed by atoms with Gasteiger partial charge in [0.15, 0.2) is 0 Å². The molecule has 2 N–H and O–H groups in total. The number of urea groups is 1. The highest BCUT2D eigenvalue weighted by atomic mass is 19.1. The lowest BCUT2D eigenvalue weighted by atomic mass is 9.96. The Balaban J connectivity index is 1.73. The lowest BCUT2D eigenvalue weighted by molar-refractivity contribution is -0.125. The smallest absolute Gasteiger partial charge is 0.321 e. The SMILES string of the molecule is CNC(=O)NC(=O)[C@@H](C)N1CCN(C(c2ccc(F)cc2)c2ccc(F)cc2)CC1. The highest BCUT2D eigenvalue weighted by Crippen LogP contribution is 2.30. The zero-order valence-electron chi connectivity index (χ0n) is 17.1. The molecule has 3 rings (SSSR count). The van der Waals surface area contributed by atoms with Gasteiger partial charge >= 0.3 is 6.03 Å². The van der Waals surface area contributed by atoms with Crippen molar-refractivity contribution in [3.05, 3.63) is 71.3 Å². The number of nitrogens with zero attached hydrogens (tertiary/aromatic N) is 2. The normalized spacial score (nSPS) is 16.3. The molecule has 2 aromatic carbocycles. The van der Waals surface area contributed by atoms with Crippen molar-refractivity contribution in [1.82, 2.24) is 20.4 Å². The van der Waals surface area contributed by atoms with Crippen LogP contribution in [0.25, 0.3) is 0 Å². The fourth-order valence-corrected chi connectivity index (χ4v) is 3.73. The van der Waals surface area contributed by atoms with Gasteiger partial charge in [-0.25, -0.2) is 13.6 Å². The number of rotatable bonds is 5. The molecule has 8 heteroatoms. The molecule has 1 saturated heterocycles. The van der Waals surface area contributed by atoms with E-state index in [4.69, 9.17) is 0 Å². The van der Waals surface area contributed by atoms with Gasteiger partial charge in [0.2, 0.25) is 5.91 Å². The fraction of sp³-hybridized carbons (Fsp3) is 0.364. The van der Waals surface area contributed by atoms with Crippen LogP contribution in [0.3, 0.4) is 0 Å². The first kappa shape index (κ1) is 21.9. The summed E-state index contributed by atoms with van der Waals surface area (Å²) in [5.74, 6) is -0.967. The second-order valence-corrected chi connectivity index (χ2v) is 7.32. The number of hydrogen-bond donors (Lipinski definition) is 2. The monoisotopic (exact) mass is 416 g/mol. The summed E-state index contributed by atoms with van der Waals surface area (Å²) in [7, 11) is 1.46. The minimum atomic E-state index is -0.529. The van der Waals surface area contributed by atoms with Crippen LogP contribution >= 0.6 is 0 Å². The summed E-state index contributed by atoms with van der Waals surface area (Å²) in [4.78, 5) is 27.9. The van der Waals surface area contributed by atoms with Crippen LogP contribution in [0.5, 0.6) is 0 Å². The number of imide groups is 1. The highest BCUT2D eigenvalue weighted by molar-refractivity contribution is 5.96. The van der Waals surface area contributed by atoms with Crippen LogP contribution in [0, 0.1) is 11.6 Å². The van der Waals surface area contributed by atoms with Crippen molar-refractivity contribution < 1.29 is 18.4 Å². The first-order chi connectivity index (χ1) is 14.4. The second-order valence-electron chi connectivity index (χ2n) is 7.32. The number of nitrogens with one attached hydrogen (secondary N) is 2. The Morgan fingerprint density at radius 2 is 1.27 bits per heavy atom. The average Bonchev–Trinajstić information content (AvgIpc) is 2.76. The Hall–Kier alpha value is -2.84. The van der Waals surface area contributed by atoms with Gasteiger partial charge in [-0.2, -0.15) is 0 Å². The van der Waals surface area contributed by atoms with Crippen LogP contribution in [0.2, 0.25) is 0 Å². The van der Waals surface area contributed by atoms with Gasteiger partial charge in [-0.05, 0) is 42.3 Å². The maximum Gasteiger partial charge on any atom is 0.321 e. The van der Waals surface area contributed by atoms with E-state index in [-0.39, 0.29) is 23.6 Å². The lowest BCUT2D eigenvalue weighted by Gasteiger charge is -2.41. The number of amides is 3. The number of carbonyl (C=O) groups excluding carboxylic acids is 2. The molecule has 1 aliphatic rings. The number of piperazine rings is 1. The quantitative estimate of drug-likeness (QED) is 0.786. The van der Waals surface area contributed by atoms with E-state index in [9.17, 15) is 18.4 Å². The molecular formula is C22H26F2N4O2. The van der Waals surface area contributed by atoms with Crippen LogP contribution in [-0.4, -0.2) is 61.0 Å². The first-order valence-electron chi connectivity index (χ1n) is 9.90. The topological polar surface area (TPSA) is 64.7 Å². The molecule has 2 aromatic rings. The summed E-state index contributed by atoms with van der Waals surface area (Å²) in [5, 5.41) is 4.68. The molecule has 6 nitrogen and oxygen atoms in total. The summed E-state index contributed by atoms with van der Waals surface area (Å²) in [6, 6.07) is 11.6. The van der Waals surface area contributed by atoms with Crippen molar-refractivity contribution in [2.75, 3.05) is 33.2 Å². The molecule has 1 atom stereocenters. The molecule has 30 heavy (non-hydrogen) atoms. The van der Waals surface area contributed by atoms with E-state index >= 15 is 0 Å². The molecular weight excluding hydrogens is 390 g/mol. The summed E-state index contributed by atoms with van der Waals surface area (Å²) < 4.78 is 26.9. The van der Waals surface area contributed by atoms with Crippen molar-refractivity contribution >= 4 is 11.9 Å². The molecule has 0 bridgehead atoms. The highest BCUT2D eigenvalue weighted by Gasteiger charge is 2.30. The van der Waals surface area contributed by atoms with Crippen molar-refractivity contribution in [3.63, 3.8) is 0 Å². The fourth-order valence-electron chi connectivity index (χ4n) is 3.73. The Labute approximate surface area is 174 Å². The Kier molecular flexibility index (Phi) is 7.12. The van der Waals surface area contributed by atoms with Gasteiger partial charge in [-0.15, -0.1) is 0 Å². The molecule has 1 fully saturated rings. The molecule has 0 radical (unpaired) electrons. The second kappa shape index (κ2) is 9.77. The van der Waals surface area contributed by atoms with Gasteiger partial charge in [0.25, 0.3) is 0 Å². The van der Waals surface area contributed by atoms with Gasteiger partial charge in [-0.3, -0.25) is 19.9 Å². The molecule has 0 unspecified atom stereocenters. The van der Waals surface area contributed by atoms with Crippen molar-refractivity contribution in [3.8, 4) is 0 Å². The molecule has 0 aromatic heterocycles. The Morgan fingerprint density at radius 1 is 0.833 bits per heavy atom. The summed E-state index contributed by atoms with van der Waals surface area (Å²) in [6.45, 7) is 4.35. The van der Waals surface area contributed by atoms with Crippen molar-refractivity contribution in [2.45, 2.75) is 19.0 Å². The summed E-state index contributed by atoms with van der Waals surface area (Å²) in [5.41, 5.74) is 1.84.